The Labute approximate surface area is 66.7 Å². The van der Waals surface area contributed by atoms with Crippen molar-refractivity contribution in [3.63, 3.8) is 0 Å². The van der Waals surface area contributed by atoms with Crippen molar-refractivity contribution in [3.8, 4) is 0 Å². The second kappa shape index (κ2) is 2.28. The van der Waals surface area contributed by atoms with E-state index in [-0.39, 0.29) is 0 Å². The molecule has 2 aromatic heterocycles. The molecule has 2 heterocycles. The van der Waals surface area contributed by atoms with Gasteiger partial charge in [-0.15, -0.1) is 0 Å². The van der Waals surface area contributed by atoms with Crippen LogP contribution in [0.25, 0.3) is 11.0 Å². The van der Waals surface area contributed by atoms with Crippen molar-refractivity contribution in [2.75, 3.05) is 0 Å². The van der Waals surface area contributed by atoms with Crippen LogP contribution in [-0.4, -0.2) is 14.3 Å². The van der Waals surface area contributed by atoms with E-state index < -0.39 is 0 Å². The third-order valence-electron chi connectivity index (χ3n) is 1.71. The minimum Gasteiger partial charge on any atom is -0.317 e. The Morgan fingerprint density at radius 1 is 1.45 bits per heavy atom. The summed E-state index contributed by atoms with van der Waals surface area (Å²) in [6, 6.07) is 2.01. The molecule has 4 heteroatoms. The number of rotatable bonds is 0. The van der Waals surface area contributed by atoms with Gasteiger partial charge in [0.15, 0.2) is 0 Å². The van der Waals surface area contributed by atoms with Crippen LogP contribution < -0.4 is 0 Å². The second-order valence-corrected chi connectivity index (χ2v) is 2.98. The minimum absolute atomic E-state index is 0.961. The van der Waals surface area contributed by atoms with Crippen LogP contribution in [0.4, 0.5) is 0 Å². The lowest BCUT2D eigenvalue weighted by atomic mass is 10.3. The Balaban J connectivity index is 2.94. The predicted octanol–water partition coefficient (Wildman–Crippen LogP) is 1.38. The first-order valence-corrected chi connectivity index (χ1v) is 3.84. The maximum Gasteiger partial charge on any atom is 0.146 e. The molecule has 1 unspecified atom stereocenters. The molecule has 0 bridgehead atoms. The van der Waals surface area contributed by atoms with Crippen molar-refractivity contribution in [3.05, 3.63) is 24.3 Å². The highest BCUT2D eigenvalue weighted by Crippen LogP contribution is 2.16. The van der Waals surface area contributed by atoms with Crippen molar-refractivity contribution < 1.29 is 0 Å². The summed E-state index contributed by atoms with van der Waals surface area (Å²) in [5.41, 5.74) is 1.98. The van der Waals surface area contributed by atoms with Crippen LogP contribution in [0.1, 0.15) is 5.69 Å². The first-order chi connectivity index (χ1) is 5.29. The summed E-state index contributed by atoms with van der Waals surface area (Å²) >= 11 is 0. The molecule has 56 valence electrons. The summed E-state index contributed by atoms with van der Waals surface area (Å²) < 4.78 is 1.91. The Morgan fingerprint density at radius 3 is 3.00 bits per heavy atom. The molecule has 0 amide bonds. The van der Waals surface area contributed by atoms with E-state index in [1.54, 1.807) is 6.33 Å². The third kappa shape index (κ3) is 0.925. The summed E-state index contributed by atoms with van der Waals surface area (Å²) in [5.74, 6) is 0. The molecule has 0 spiro atoms. The molecule has 2 aromatic rings. The molecule has 0 saturated carbocycles. The Bertz CT molecular complexity index is 393. The first kappa shape index (κ1) is 6.74. The van der Waals surface area contributed by atoms with Crippen LogP contribution in [0.2, 0.25) is 0 Å². The van der Waals surface area contributed by atoms with E-state index in [0.29, 0.717) is 0 Å². The fourth-order valence-corrected chi connectivity index (χ4v) is 1.39. The van der Waals surface area contributed by atoms with E-state index in [2.05, 4.69) is 19.4 Å². The second-order valence-electron chi connectivity index (χ2n) is 2.42. The zero-order valence-corrected chi connectivity index (χ0v) is 7.31. The van der Waals surface area contributed by atoms with Gasteiger partial charge in [-0.25, -0.2) is 9.97 Å². The molecule has 0 fully saturated rings. The SMILES string of the molecule is Cc1ncnc2c1ccn2P. The van der Waals surface area contributed by atoms with Gasteiger partial charge in [0.25, 0.3) is 0 Å². The van der Waals surface area contributed by atoms with Gasteiger partial charge in [-0.05, 0) is 22.4 Å². The molecule has 1 atom stereocenters. The fourth-order valence-electron chi connectivity index (χ4n) is 1.10. The molecule has 0 aliphatic rings. The lowest BCUT2D eigenvalue weighted by molar-refractivity contribution is 1.13. The molecule has 11 heavy (non-hydrogen) atoms. The van der Waals surface area contributed by atoms with Gasteiger partial charge >= 0.3 is 0 Å². The summed E-state index contributed by atoms with van der Waals surface area (Å²) in [6.07, 6.45) is 3.54. The smallest absolute Gasteiger partial charge is 0.146 e. The molecule has 0 aliphatic heterocycles. The van der Waals surface area contributed by atoms with Gasteiger partial charge in [0.05, 0.1) is 5.69 Å². The summed E-state index contributed by atoms with van der Waals surface area (Å²) in [4.78, 5) is 8.22. The largest absolute Gasteiger partial charge is 0.317 e. The van der Waals surface area contributed by atoms with E-state index in [4.69, 9.17) is 0 Å². The number of hydrogen-bond donors (Lipinski definition) is 0. The Hall–Kier alpha value is -0.950. The molecular formula is C7H8N3P. The van der Waals surface area contributed by atoms with Crippen molar-refractivity contribution >= 4 is 20.4 Å². The molecule has 0 aromatic carbocycles. The van der Waals surface area contributed by atoms with Gasteiger partial charge in [0, 0.05) is 11.6 Å². The quantitative estimate of drug-likeness (QED) is 0.552. The van der Waals surface area contributed by atoms with E-state index in [0.717, 1.165) is 16.7 Å². The van der Waals surface area contributed by atoms with Crippen LogP contribution in [0.5, 0.6) is 0 Å². The van der Waals surface area contributed by atoms with Crippen molar-refractivity contribution in [2.45, 2.75) is 6.92 Å². The summed E-state index contributed by atoms with van der Waals surface area (Å²) in [5, 5.41) is 1.11. The molecule has 0 radical (unpaired) electrons. The topological polar surface area (TPSA) is 30.7 Å². The maximum atomic E-state index is 4.13. The van der Waals surface area contributed by atoms with Crippen LogP contribution in [0, 0.1) is 6.92 Å². The number of nitrogens with zero attached hydrogens (tertiary/aromatic N) is 3. The first-order valence-electron chi connectivity index (χ1n) is 3.33. The van der Waals surface area contributed by atoms with Crippen LogP contribution in [0.15, 0.2) is 18.6 Å². The van der Waals surface area contributed by atoms with E-state index in [9.17, 15) is 0 Å². The van der Waals surface area contributed by atoms with E-state index >= 15 is 0 Å². The van der Waals surface area contributed by atoms with Gasteiger partial charge in [0.2, 0.25) is 0 Å². The molecule has 0 saturated heterocycles. The lowest BCUT2D eigenvalue weighted by Crippen LogP contribution is -1.86. The standard InChI is InChI=1S/C7H8N3P/c1-5-6-2-3-10(11)7(6)9-4-8-5/h2-4H,11H2,1H3. The van der Waals surface area contributed by atoms with Crippen LogP contribution in [-0.2, 0) is 0 Å². The van der Waals surface area contributed by atoms with Crippen LogP contribution in [0.3, 0.4) is 0 Å². The highest BCUT2D eigenvalue weighted by molar-refractivity contribution is 7.14. The van der Waals surface area contributed by atoms with Crippen LogP contribution >= 0.6 is 9.39 Å². The van der Waals surface area contributed by atoms with Crippen molar-refractivity contribution in [1.82, 2.24) is 14.3 Å². The Morgan fingerprint density at radius 2 is 2.27 bits per heavy atom. The average molecular weight is 165 g/mol. The van der Waals surface area contributed by atoms with Crippen molar-refractivity contribution in [2.24, 2.45) is 0 Å². The average Bonchev–Trinajstić information content (AvgIpc) is 2.35. The van der Waals surface area contributed by atoms with E-state index in [1.807, 2.05) is 23.5 Å². The maximum absolute atomic E-state index is 4.13. The van der Waals surface area contributed by atoms with Gasteiger partial charge < -0.3 is 4.34 Å². The monoisotopic (exact) mass is 165 g/mol. The molecule has 0 N–H and O–H groups in total. The highest BCUT2D eigenvalue weighted by atomic mass is 31.0. The third-order valence-corrected chi connectivity index (χ3v) is 2.13. The van der Waals surface area contributed by atoms with Gasteiger partial charge in [-0.2, -0.15) is 0 Å². The van der Waals surface area contributed by atoms with Gasteiger partial charge in [-0.1, -0.05) is 0 Å². The molecule has 2 rings (SSSR count). The lowest BCUT2D eigenvalue weighted by Gasteiger charge is -1.94. The highest BCUT2D eigenvalue weighted by Gasteiger charge is 2.00. The molecular weight excluding hydrogens is 157 g/mol. The Kier molecular flexibility index (Phi) is 1.40. The zero-order valence-electron chi connectivity index (χ0n) is 6.15. The fraction of sp³-hybridized carbons (Fsp3) is 0.143. The summed E-state index contributed by atoms with van der Waals surface area (Å²) in [6.45, 7) is 1.98. The van der Waals surface area contributed by atoms with Crippen molar-refractivity contribution in [1.29, 1.82) is 0 Å². The normalized spacial score (nSPS) is 10.7. The summed E-state index contributed by atoms with van der Waals surface area (Å²) in [7, 11) is 2.58. The number of aryl methyl sites for hydroxylation is 1. The number of hydrogen-bond acceptors (Lipinski definition) is 2. The molecule has 3 nitrogen and oxygen atoms in total. The van der Waals surface area contributed by atoms with Gasteiger partial charge in [-0.3, -0.25) is 0 Å². The van der Waals surface area contributed by atoms with E-state index in [1.165, 1.54) is 0 Å². The number of aromatic nitrogens is 3. The predicted molar refractivity (Wildman–Crippen MR) is 47.4 cm³/mol. The molecule has 0 aliphatic carbocycles. The van der Waals surface area contributed by atoms with Gasteiger partial charge in [0.1, 0.15) is 12.0 Å². The minimum atomic E-state index is 0.961. The number of fused-ring (bicyclic) bond motifs is 1. The zero-order chi connectivity index (χ0) is 7.84.